The molecule has 9 heteroatoms. The number of carbonyl (C=O) groups is 3. The normalized spacial score (nSPS) is 13.0. The molecule has 1 heterocycles. The van der Waals surface area contributed by atoms with Crippen molar-refractivity contribution in [1.82, 2.24) is 16.0 Å². The standard InChI is InChI=1S/C26H37N3O5S/c1-16-13-19(30)14-17(2)21(16)15-22(29-25(33)34-26(4,5)6)24(32)28-18(3)23(31)27-11-7-9-20-10-8-12-35-20/h8,10,12-14,18,22,30H,7,9,11,15H2,1-6H3,(H,27,31)(H,28,32)(H,29,33)/t18-,22?/m1/s1. The number of phenols is 1. The fraction of sp³-hybridized carbons (Fsp3) is 0.500. The number of aryl methyl sites for hydroxylation is 3. The average Bonchev–Trinajstić information content (AvgIpc) is 3.24. The molecule has 0 aliphatic carbocycles. The molecule has 2 atom stereocenters. The maximum Gasteiger partial charge on any atom is 0.408 e. The number of aromatic hydroxyl groups is 1. The lowest BCUT2D eigenvalue weighted by molar-refractivity contribution is -0.129. The van der Waals surface area contributed by atoms with Gasteiger partial charge in [-0.3, -0.25) is 9.59 Å². The molecule has 0 bridgehead atoms. The lowest BCUT2D eigenvalue weighted by atomic mass is 9.95. The predicted octanol–water partition coefficient (Wildman–Crippen LogP) is 3.76. The molecule has 2 rings (SSSR count). The number of amides is 3. The Kier molecular flexibility index (Phi) is 10.1. The van der Waals surface area contributed by atoms with Gasteiger partial charge in [-0.1, -0.05) is 6.07 Å². The lowest BCUT2D eigenvalue weighted by Crippen LogP contribution is -2.54. The van der Waals surface area contributed by atoms with E-state index >= 15 is 0 Å². The van der Waals surface area contributed by atoms with E-state index in [2.05, 4.69) is 22.0 Å². The van der Waals surface area contributed by atoms with Crippen LogP contribution in [0.15, 0.2) is 29.6 Å². The van der Waals surface area contributed by atoms with Crippen molar-refractivity contribution >= 4 is 29.2 Å². The number of ether oxygens (including phenoxy) is 1. The summed E-state index contributed by atoms with van der Waals surface area (Å²) in [5, 5.41) is 20.1. The number of phenolic OH excluding ortho intramolecular Hbond substituents is 1. The molecule has 4 N–H and O–H groups in total. The molecular weight excluding hydrogens is 466 g/mol. The van der Waals surface area contributed by atoms with Crippen molar-refractivity contribution in [2.75, 3.05) is 6.54 Å². The van der Waals surface area contributed by atoms with Crippen LogP contribution in [0.2, 0.25) is 0 Å². The summed E-state index contributed by atoms with van der Waals surface area (Å²) in [7, 11) is 0. The molecule has 1 aromatic heterocycles. The van der Waals surface area contributed by atoms with E-state index in [4.69, 9.17) is 4.74 Å². The quantitative estimate of drug-likeness (QED) is 0.369. The second-order valence-corrected chi connectivity index (χ2v) is 10.7. The summed E-state index contributed by atoms with van der Waals surface area (Å²) in [5.74, 6) is -0.657. The average molecular weight is 504 g/mol. The Morgan fingerprint density at radius 2 is 1.74 bits per heavy atom. The predicted molar refractivity (Wildman–Crippen MR) is 138 cm³/mol. The van der Waals surface area contributed by atoms with Gasteiger partial charge in [-0.15, -0.1) is 11.3 Å². The van der Waals surface area contributed by atoms with Gasteiger partial charge < -0.3 is 25.8 Å². The highest BCUT2D eigenvalue weighted by molar-refractivity contribution is 7.09. The number of carbonyl (C=O) groups excluding carboxylic acids is 3. The molecule has 0 fully saturated rings. The Labute approximate surface area is 211 Å². The van der Waals surface area contributed by atoms with Gasteiger partial charge in [0.05, 0.1) is 0 Å². The fourth-order valence-corrected chi connectivity index (χ4v) is 4.37. The Hall–Kier alpha value is -3.07. The molecule has 1 unspecified atom stereocenters. The third-order valence-corrected chi connectivity index (χ3v) is 6.26. The molecular formula is C26H37N3O5S. The summed E-state index contributed by atoms with van der Waals surface area (Å²) in [6.07, 6.45) is 1.14. The topological polar surface area (TPSA) is 117 Å². The van der Waals surface area contributed by atoms with E-state index in [-0.39, 0.29) is 18.1 Å². The first-order chi connectivity index (χ1) is 16.4. The molecule has 192 valence electrons. The number of nitrogens with one attached hydrogen (secondary N) is 3. The van der Waals surface area contributed by atoms with Crippen molar-refractivity contribution in [3.05, 3.63) is 51.2 Å². The van der Waals surface area contributed by atoms with E-state index in [0.717, 1.165) is 29.5 Å². The van der Waals surface area contributed by atoms with Crippen molar-refractivity contribution < 1.29 is 24.2 Å². The SMILES string of the molecule is Cc1cc(O)cc(C)c1CC(NC(=O)OC(C)(C)C)C(=O)N[C@H](C)C(=O)NCCCc1cccs1. The number of hydrogen-bond donors (Lipinski definition) is 4. The van der Waals surface area contributed by atoms with Gasteiger partial charge in [-0.05, 0) is 94.7 Å². The van der Waals surface area contributed by atoms with Crippen LogP contribution in [0.1, 0.15) is 55.7 Å². The minimum Gasteiger partial charge on any atom is -0.508 e. The van der Waals surface area contributed by atoms with Crippen LogP contribution in [-0.4, -0.2) is 47.2 Å². The molecule has 2 aromatic rings. The second-order valence-electron chi connectivity index (χ2n) is 9.67. The minimum absolute atomic E-state index is 0.134. The highest BCUT2D eigenvalue weighted by atomic mass is 32.1. The number of rotatable bonds is 10. The van der Waals surface area contributed by atoms with Crippen molar-refractivity contribution in [1.29, 1.82) is 0 Å². The van der Waals surface area contributed by atoms with Crippen molar-refractivity contribution in [2.24, 2.45) is 0 Å². The van der Waals surface area contributed by atoms with Gasteiger partial charge >= 0.3 is 6.09 Å². The van der Waals surface area contributed by atoms with Gasteiger partial charge in [0.15, 0.2) is 0 Å². The van der Waals surface area contributed by atoms with E-state index < -0.39 is 29.7 Å². The molecule has 3 amide bonds. The monoisotopic (exact) mass is 503 g/mol. The number of hydrogen-bond acceptors (Lipinski definition) is 6. The molecule has 8 nitrogen and oxygen atoms in total. The van der Waals surface area contributed by atoms with E-state index in [1.54, 1.807) is 51.2 Å². The zero-order valence-electron chi connectivity index (χ0n) is 21.4. The third-order valence-electron chi connectivity index (χ3n) is 5.33. The first kappa shape index (κ1) is 28.2. The second kappa shape index (κ2) is 12.6. The minimum atomic E-state index is -0.971. The van der Waals surface area contributed by atoms with E-state index in [9.17, 15) is 19.5 Å². The van der Waals surface area contributed by atoms with Crippen LogP contribution in [0.5, 0.6) is 5.75 Å². The summed E-state index contributed by atoms with van der Waals surface area (Å²) in [6, 6.07) is 5.52. The van der Waals surface area contributed by atoms with E-state index in [1.807, 2.05) is 25.3 Å². The van der Waals surface area contributed by atoms with Crippen LogP contribution in [0.3, 0.4) is 0 Å². The van der Waals surface area contributed by atoms with E-state index in [1.165, 1.54) is 4.88 Å². The summed E-state index contributed by atoms with van der Waals surface area (Å²) in [4.78, 5) is 39.4. The molecule has 0 saturated heterocycles. The van der Waals surface area contributed by atoms with Gasteiger partial charge in [-0.2, -0.15) is 0 Å². The summed E-state index contributed by atoms with van der Waals surface area (Å²) >= 11 is 1.68. The number of alkyl carbamates (subject to hydrolysis) is 1. The first-order valence-electron chi connectivity index (χ1n) is 11.7. The van der Waals surface area contributed by atoms with Gasteiger partial charge in [0.25, 0.3) is 0 Å². The molecule has 1 aromatic carbocycles. The molecule has 35 heavy (non-hydrogen) atoms. The maximum absolute atomic E-state index is 13.1. The third kappa shape index (κ3) is 9.60. The van der Waals surface area contributed by atoms with Crippen LogP contribution < -0.4 is 16.0 Å². The number of benzene rings is 1. The van der Waals surface area contributed by atoms with Crippen molar-refractivity contribution in [2.45, 2.75) is 78.5 Å². The smallest absolute Gasteiger partial charge is 0.408 e. The Bertz CT molecular complexity index is 991. The summed E-state index contributed by atoms with van der Waals surface area (Å²) in [6.45, 7) is 11.0. The molecule has 0 radical (unpaired) electrons. The van der Waals surface area contributed by atoms with Crippen LogP contribution in [0.4, 0.5) is 4.79 Å². The van der Waals surface area contributed by atoms with Crippen molar-refractivity contribution in [3.63, 3.8) is 0 Å². The van der Waals surface area contributed by atoms with Crippen LogP contribution in [0, 0.1) is 13.8 Å². The highest BCUT2D eigenvalue weighted by Gasteiger charge is 2.28. The van der Waals surface area contributed by atoms with Gasteiger partial charge in [-0.25, -0.2) is 4.79 Å². The fourth-order valence-electron chi connectivity index (χ4n) is 3.62. The van der Waals surface area contributed by atoms with Crippen LogP contribution in [0.25, 0.3) is 0 Å². The zero-order valence-corrected chi connectivity index (χ0v) is 22.2. The molecule has 0 aliphatic heterocycles. The largest absolute Gasteiger partial charge is 0.508 e. The molecule has 0 saturated carbocycles. The van der Waals surface area contributed by atoms with Gasteiger partial charge in [0, 0.05) is 17.8 Å². The van der Waals surface area contributed by atoms with Crippen LogP contribution >= 0.6 is 11.3 Å². The Morgan fingerprint density at radius 1 is 1.09 bits per heavy atom. The van der Waals surface area contributed by atoms with Crippen molar-refractivity contribution in [3.8, 4) is 5.75 Å². The summed E-state index contributed by atoms with van der Waals surface area (Å²) < 4.78 is 5.34. The van der Waals surface area contributed by atoms with Gasteiger partial charge in [0.2, 0.25) is 11.8 Å². The zero-order chi connectivity index (χ0) is 26.2. The van der Waals surface area contributed by atoms with Crippen LogP contribution in [-0.2, 0) is 27.2 Å². The summed E-state index contributed by atoms with van der Waals surface area (Å²) in [5.41, 5.74) is 1.68. The lowest BCUT2D eigenvalue weighted by Gasteiger charge is -2.25. The first-order valence-corrected chi connectivity index (χ1v) is 12.6. The molecule has 0 aliphatic rings. The molecule has 0 spiro atoms. The van der Waals surface area contributed by atoms with E-state index in [0.29, 0.717) is 6.54 Å². The Balaban J connectivity index is 2.03. The van der Waals surface area contributed by atoms with Gasteiger partial charge in [0.1, 0.15) is 23.4 Å². The Morgan fingerprint density at radius 3 is 2.31 bits per heavy atom. The highest BCUT2D eigenvalue weighted by Crippen LogP contribution is 2.22. The number of thiophene rings is 1. The maximum atomic E-state index is 13.1.